The molecule has 0 amide bonds. The first-order valence-corrected chi connectivity index (χ1v) is 28.5. The highest BCUT2D eigenvalue weighted by atomic mass is 16.6. The lowest BCUT2D eigenvalue weighted by atomic mass is 9.33. The van der Waals surface area contributed by atoms with Gasteiger partial charge in [0, 0.05) is 67.9 Å². The number of benzene rings is 9. The molecule has 0 unspecified atom stereocenters. The summed E-state index contributed by atoms with van der Waals surface area (Å²) in [6.45, 7) is 26.3. The van der Waals surface area contributed by atoms with E-state index < -0.39 is 0 Å². The van der Waals surface area contributed by atoms with Gasteiger partial charge in [0.05, 0.1) is 5.69 Å². The summed E-state index contributed by atoms with van der Waals surface area (Å²) in [6.07, 6.45) is 0. The van der Waals surface area contributed by atoms with Crippen molar-refractivity contribution in [2.45, 2.75) is 97.8 Å². The lowest BCUT2D eigenvalue weighted by Crippen LogP contribution is -2.61. The third-order valence-corrected chi connectivity index (χ3v) is 17.5. The molecule has 0 saturated carbocycles. The van der Waals surface area contributed by atoms with E-state index in [0.29, 0.717) is 13.2 Å². The number of hydrogen-bond acceptors (Lipinski definition) is 6. The highest BCUT2D eigenvalue weighted by Crippen LogP contribution is 2.53. The van der Waals surface area contributed by atoms with Crippen LogP contribution < -0.4 is 40.6 Å². The zero-order chi connectivity index (χ0) is 55.2. The van der Waals surface area contributed by atoms with Crippen molar-refractivity contribution in [3.63, 3.8) is 0 Å². The van der Waals surface area contributed by atoms with E-state index in [1.807, 2.05) is 12.1 Å². The summed E-state index contributed by atoms with van der Waals surface area (Å²) in [5.74, 6) is 2.39. The summed E-state index contributed by atoms with van der Waals surface area (Å²) in [6, 6.07) is 70.6. The first-order chi connectivity index (χ1) is 38.3. The number of furan rings is 1. The molecule has 0 spiro atoms. The number of nitrogens with zero attached hydrogens (tertiary/aromatic N) is 3. The number of ether oxygens (including phenoxy) is 2. The van der Waals surface area contributed by atoms with Crippen LogP contribution in [0.5, 0.6) is 11.5 Å². The number of rotatable bonds is 6. The molecule has 0 saturated heterocycles. The van der Waals surface area contributed by atoms with E-state index in [1.54, 1.807) is 0 Å². The van der Waals surface area contributed by atoms with Crippen LogP contribution in [-0.4, -0.2) is 19.9 Å². The van der Waals surface area contributed by atoms with Gasteiger partial charge in [0.15, 0.2) is 11.5 Å². The van der Waals surface area contributed by atoms with Gasteiger partial charge in [-0.15, -0.1) is 0 Å². The molecule has 80 heavy (non-hydrogen) atoms. The average Bonchev–Trinajstić information content (AvgIpc) is 4.12. The molecule has 0 fully saturated rings. The number of hydrogen-bond donors (Lipinski definition) is 0. The smallest absolute Gasteiger partial charge is 0.252 e. The SMILES string of the molecule is CC(C)(C)c1ccc(N2c3ccc(C(C)(C)C)cc3B3c4cc5c(cc4N(c4ccc(C(C)(C)C)cc4)c4cc(N(c6ccc(-c7cc8ccccc8o7)cc6)c6ccc7c(c6)C(C)(C)c6ccccc6-7)cc2c43)OCCO5)cc1. The van der Waals surface area contributed by atoms with Crippen LogP contribution >= 0.6 is 0 Å². The third kappa shape index (κ3) is 7.98. The fourth-order valence-electron chi connectivity index (χ4n) is 13.1. The minimum Gasteiger partial charge on any atom is -0.486 e. The third-order valence-electron chi connectivity index (χ3n) is 17.5. The van der Waals surface area contributed by atoms with Crippen molar-refractivity contribution < 1.29 is 13.9 Å². The fourth-order valence-corrected chi connectivity index (χ4v) is 13.1. The maximum atomic E-state index is 6.51. The Hall–Kier alpha value is -8.42. The Balaban J connectivity index is 1.07. The Labute approximate surface area is 472 Å². The van der Waals surface area contributed by atoms with E-state index in [4.69, 9.17) is 13.9 Å². The van der Waals surface area contributed by atoms with Crippen LogP contribution in [0.1, 0.15) is 104 Å². The monoisotopic (exact) mass is 1050 g/mol. The molecule has 3 aliphatic heterocycles. The van der Waals surface area contributed by atoms with Crippen LogP contribution in [0.25, 0.3) is 33.4 Å². The topological polar surface area (TPSA) is 41.3 Å². The van der Waals surface area contributed by atoms with Crippen LogP contribution in [0.4, 0.5) is 51.2 Å². The van der Waals surface area contributed by atoms with Gasteiger partial charge in [-0.3, -0.25) is 0 Å². The maximum absolute atomic E-state index is 6.51. The van der Waals surface area contributed by atoms with E-state index in [0.717, 1.165) is 85.0 Å². The highest BCUT2D eigenvalue weighted by Gasteiger charge is 2.46. The number of anilines is 9. The molecule has 1 aliphatic carbocycles. The molecule has 0 radical (unpaired) electrons. The molecule has 396 valence electrons. The van der Waals surface area contributed by atoms with Gasteiger partial charge in [-0.25, -0.2) is 0 Å². The first-order valence-electron chi connectivity index (χ1n) is 28.5. The minimum atomic E-state index is -0.218. The van der Waals surface area contributed by atoms with Crippen molar-refractivity contribution in [2.75, 3.05) is 27.9 Å². The number of fused-ring (bicyclic) bond motifs is 9. The van der Waals surface area contributed by atoms with Crippen molar-refractivity contribution in [3.05, 3.63) is 216 Å². The lowest BCUT2D eigenvalue weighted by molar-refractivity contribution is 0.172. The normalized spacial score (nSPS) is 14.8. The molecule has 0 atom stereocenters. The van der Waals surface area contributed by atoms with Crippen LogP contribution in [0.15, 0.2) is 192 Å². The predicted molar refractivity (Wildman–Crippen MR) is 335 cm³/mol. The zero-order valence-corrected chi connectivity index (χ0v) is 48.0. The molecule has 7 heteroatoms. The summed E-state index contributed by atoms with van der Waals surface area (Å²) in [5, 5.41) is 1.09. The summed E-state index contributed by atoms with van der Waals surface area (Å²) in [5.41, 5.74) is 24.1. The van der Waals surface area contributed by atoms with E-state index in [1.165, 1.54) is 55.3 Å². The van der Waals surface area contributed by atoms with Crippen molar-refractivity contribution >= 4 is 85.3 Å². The van der Waals surface area contributed by atoms with Crippen molar-refractivity contribution in [2.24, 2.45) is 0 Å². The summed E-state index contributed by atoms with van der Waals surface area (Å²) in [7, 11) is 0. The van der Waals surface area contributed by atoms with E-state index in [9.17, 15) is 0 Å². The molecule has 6 nitrogen and oxygen atoms in total. The van der Waals surface area contributed by atoms with Gasteiger partial charge >= 0.3 is 0 Å². The second-order valence-corrected chi connectivity index (χ2v) is 26.1. The summed E-state index contributed by atoms with van der Waals surface area (Å²) in [4.78, 5) is 7.53. The highest BCUT2D eigenvalue weighted by molar-refractivity contribution is 7.00. The molecule has 14 rings (SSSR count). The largest absolute Gasteiger partial charge is 0.486 e. The molecule has 1 aromatic heterocycles. The fraction of sp³-hybridized carbons (Fsp3) is 0.233. The van der Waals surface area contributed by atoms with Gasteiger partial charge in [0.1, 0.15) is 24.6 Å². The van der Waals surface area contributed by atoms with Crippen LogP contribution in [-0.2, 0) is 21.7 Å². The van der Waals surface area contributed by atoms with Crippen molar-refractivity contribution in [1.82, 2.24) is 0 Å². The van der Waals surface area contributed by atoms with Gasteiger partial charge in [-0.05, 0) is 169 Å². The lowest BCUT2D eigenvalue weighted by Gasteiger charge is -2.45. The maximum Gasteiger partial charge on any atom is 0.252 e. The van der Waals surface area contributed by atoms with Crippen molar-refractivity contribution in [3.8, 4) is 33.9 Å². The number of para-hydroxylation sites is 1. The summed E-state index contributed by atoms with van der Waals surface area (Å²) >= 11 is 0. The summed E-state index contributed by atoms with van der Waals surface area (Å²) < 4.78 is 19.5. The second-order valence-electron chi connectivity index (χ2n) is 26.1. The average molecular weight is 1050 g/mol. The molecule has 4 heterocycles. The van der Waals surface area contributed by atoms with Crippen LogP contribution in [0.2, 0.25) is 0 Å². The van der Waals surface area contributed by atoms with E-state index >= 15 is 0 Å². The molecule has 0 N–H and O–H groups in total. The van der Waals surface area contributed by atoms with Crippen molar-refractivity contribution in [1.29, 1.82) is 0 Å². The molecule has 0 bridgehead atoms. The zero-order valence-electron chi connectivity index (χ0n) is 48.0. The predicted octanol–water partition coefficient (Wildman–Crippen LogP) is 17.6. The Morgan fingerprint density at radius 3 is 1.64 bits per heavy atom. The molecular weight excluding hydrogens is 978 g/mol. The first kappa shape index (κ1) is 49.8. The molecular formula is C73H68BN3O3. The van der Waals surface area contributed by atoms with Crippen LogP contribution in [0.3, 0.4) is 0 Å². The molecule has 4 aliphatic rings. The Kier molecular flexibility index (Phi) is 11.1. The Morgan fingerprint density at radius 2 is 1.00 bits per heavy atom. The van der Waals surface area contributed by atoms with E-state index in [2.05, 4.69) is 267 Å². The minimum absolute atomic E-state index is 0.0198. The van der Waals surface area contributed by atoms with E-state index in [-0.39, 0.29) is 28.4 Å². The van der Waals surface area contributed by atoms with Gasteiger partial charge in [-0.1, -0.05) is 161 Å². The van der Waals surface area contributed by atoms with Gasteiger partial charge in [0.25, 0.3) is 6.71 Å². The Bertz CT molecular complexity index is 4080. The Morgan fingerprint density at radius 1 is 0.450 bits per heavy atom. The van der Waals surface area contributed by atoms with Gasteiger partial charge in [0.2, 0.25) is 0 Å². The van der Waals surface area contributed by atoms with Gasteiger partial charge in [-0.2, -0.15) is 0 Å². The quantitative estimate of drug-likeness (QED) is 0.155. The second kappa shape index (κ2) is 17.8. The molecule has 9 aromatic carbocycles. The standard InChI is InChI=1S/C73H68BN3O3/c1-70(2,3)47-22-29-51(30-23-47)76-61-35-26-49(72(7,8)9)39-59(61)74-60-43-67-68(79-37-36-78-67)44-62(60)77(52-31-24-48(25-32-52)71(4,5)6)64-42-54(41-63(76)69(64)74)75(50-27-20-45(21-28-50)66-38-46-16-12-15-19-65(46)80-66)53-33-34-56-55-17-13-14-18-57(55)73(10,11)58(56)40-53/h12-35,38-44H,36-37H2,1-11H3. The van der Waals surface area contributed by atoms with Gasteiger partial charge < -0.3 is 28.6 Å². The van der Waals surface area contributed by atoms with Crippen LogP contribution in [0, 0.1) is 0 Å². The molecule has 10 aromatic rings.